The molecule has 0 saturated carbocycles. The number of allylic oxidation sites excluding steroid dienone is 1. The van der Waals surface area contributed by atoms with Crippen LogP contribution in [0.3, 0.4) is 0 Å². The minimum Gasteiger partial charge on any atom is -0.360 e. The van der Waals surface area contributed by atoms with Gasteiger partial charge in [-0.25, -0.2) is 4.79 Å². The Bertz CT molecular complexity index is 1010. The third-order valence-electron chi connectivity index (χ3n) is 4.87. The summed E-state index contributed by atoms with van der Waals surface area (Å²) in [5.41, 5.74) is 2.97. The summed E-state index contributed by atoms with van der Waals surface area (Å²) in [5, 5.41) is 3.33. The molecule has 0 amide bonds. The second kappa shape index (κ2) is 5.52. The number of aromatic nitrogens is 2. The van der Waals surface area contributed by atoms with E-state index in [1.54, 1.807) is 0 Å². The summed E-state index contributed by atoms with van der Waals surface area (Å²) < 4.78 is 0.371. The second-order valence-corrected chi connectivity index (χ2v) is 7.89. The summed E-state index contributed by atoms with van der Waals surface area (Å²) in [6, 6.07) is 9.54. The summed E-state index contributed by atoms with van der Waals surface area (Å²) in [5.74, 6) is 0.728. The van der Waals surface area contributed by atoms with E-state index in [2.05, 4.69) is 29.1 Å². The Labute approximate surface area is 150 Å². The van der Waals surface area contributed by atoms with Crippen molar-refractivity contribution in [2.75, 3.05) is 5.32 Å². The molecule has 1 atom stereocenters. The van der Waals surface area contributed by atoms with Crippen LogP contribution in [-0.2, 0) is 4.79 Å². The van der Waals surface area contributed by atoms with Crippen LogP contribution < -0.4 is 11.0 Å². The number of anilines is 1. The largest absolute Gasteiger partial charge is 0.360 e. The van der Waals surface area contributed by atoms with Crippen LogP contribution in [0.15, 0.2) is 40.7 Å². The number of Topliss-reactive ketones (excluding diaryl/α,β-unsaturated/α-hetero) is 1. The van der Waals surface area contributed by atoms with Crippen LogP contribution in [0, 0.1) is 10.1 Å². The van der Waals surface area contributed by atoms with Gasteiger partial charge in [-0.05, 0) is 23.0 Å². The minimum atomic E-state index is -0.353. The van der Waals surface area contributed by atoms with Gasteiger partial charge in [-0.15, -0.1) is 0 Å². The zero-order valence-electron chi connectivity index (χ0n) is 14.1. The number of hydrogen-bond acceptors (Lipinski definition) is 4. The van der Waals surface area contributed by atoms with Gasteiger partial charge in [-0.2, -0.15) is 0 Å². The van der Waals surface area contributed by atoms with Crippen LogP contribution in [0.4, 0.5) is 5.82 Å². The highest BCUT2D eigenvalue weighted by Gasteiger charge is 2.41. The molecule has 0 fully saturated rings. The first-order valence-electron chi connectivity index (χ1n) is 8.30. The monoisotopic (exact) mass is 353 g/mol. The van der Waals surface area contributed by atoms with Crippen LogP contribution >= 0.6 is 12.2 Å². The third kappa shape index (κ3) is 2.66. The summed E-state index contributed by atoms with van der Waals surface area (Å²) in [6.45, 7) is 4.18. The SMILES string of the molecule is CC1(C)CC(=O)C2=C(C1)c1c([nH]c(=O)[nH]c1=S)NC2c1ccccc1. The topological polar surface area (TPSA) is 77.8 Å². The first-order chi connectivity index (χ1) is 11.9. The van der Waals surface area contributed by atoms with E-state index in [4.69, 9.17) is 12.2 Å². The molecule has 128 valence electrons. The maximum atomic E-state index is 13.0. The lowest BCUT2D eigenvalue weighted by molar-refractivity contribution is -0.118. The van der Waals surface area contributed by atoms with Crippen molar-refractivity contribution < 1.29 is 4.79 Å². The third-order valence-corrected chi connectivity index (χ3v) is 5.18. The average molecular weight is 353 g/mol. The van der Waals surface area contributed by atoms with E-state index >= 15 is 0 Å². The lowest BCUT2D eigenvalue weighted by Gasteiger charge is -2.39. The molecule has 5 nitrogen and oxygen atoms in total. The molecule has 0 bridgehead atoms. The van der Waals surface area contributed by atoms with Crippen molar-refractivity contribution in [2.24, 2.45) is 5.41 Å². The maximum Gasteiger partial charge on any atom is 0.325 e. The number of benzene rings is 1. The second-order valence-electron chi connectivity index (χ2n) is 7.48. The lowest BCUT2D eigenvalue weighted by atomic mass is 9.69. The standard InChI is InChI=1S/C19H19N3O2S/c1-19(2)8-11-13(12(23)9-19)15(10-6-4-3-5-7-10)20-16-14(11)17(25)22-18(24)21-16/h3-7,15H,8-9H2,1-2H3,(H3,20,21,22,24,25). The van der Waals surface area contributed by atoms with Gasteiger partial charge in [0.05, 0.1) is 11.6 Å². The molecule has 6 heteroatoms. The van der Waals surface area contributed by atoms with Gasteiger partial charge in [-0.1, -0.05) is 56.4 Å². The van der Waals surface area contributed by atoms with Gasteiger partial charge in [0.25, 0.3) is 0 Å². The molecule has 1 aromatic heterocycles. The van der Waals surface area contributed by atoms with Gasteiger partial charge >= 0.3 is 5.69 Å². The Balaban J connectivity index is 2.01. The molecule has 1 aliphatic heterocycles. The van der Waals surface area contributed by atoms with Gasteiger partial charge in [-0.3, -0.25) is 14.8 Å². The van der Waals surface area contributed by atoms with E-state index in [1.807, 2.05) is 30.3 Å². The predicted molar refractivity (Wildman–Crippen MR) is 100.0 cm³/mol. The number of hydrogen-bond donors (Lipinski definition) is 3. The molecule has 2 aliphatic rings. The molecule has 3 N–H and O–H groups in total. The summed E-state index contributed by atoms with van der Waals surface area (Å²) in [6.07, 6.45) is 1.25. The highest BCUT2D eigenvalue weighted by Crippen LogP contribution is 2.49. The fourth-order valence-electron chi connectivity index (χ4n) is 3.89. The van der Waals surface area contributed by atoms with Gasteiger partial charge < -0.3 is 5.32 Å². The van der Waals surface area contributed by atoms with Crippen molar-refractivity contribution in [2.45, 2.75) is 32.7 Å². The Morgan fingerprint density at radius 3 is 2.52 bits per heavy atom. The van der Waals surface area contributed by atoms with Crippen LogP contribution in [0.25, 0.3) is 5.57 Å². The molecule has 2 aromatic rings. The number of fused-ring (bicyclic) bond motifs is 2. The summed E-state index contributed by atoms with van der Waals surface area (Å²) in [4.78, 5) is 30.3. The van der Waals surface area contributed by atoms with Crippen molar-refractivity contribution in [1.29, 1.82) is 0 Å². The maximum absolute atomic E-state index is 13.0. The molecule has 4 rings (SSSR count). The molecule has 0 radical (unpaired) electrons. The van der Waals surface area contributed by atoms with Crippen molar-refractivity contribution in [1.82, 2.24) is 9.97 Å². The normalized spacial score (nSPS) is 21.4. The van der Waals surface area contributed by atoms with E-state index in [9.17, 15) is 9.59 Å². The van der Waals surface area contributed by atoms with Gasteiger partial charge in [0.15, 0.2) is 5.78 Å². The summed E-state index contributed by atoms with van der Waals surface area (Å²) >= 11 is 5.40. The highest BCUT2D eigenvalue weighted by molar-refractivity contribution is 7.71. The average Bonchev–Trinajstić information content (AvgIpc) is 2.52. The number of nitrogens with one attached hydrogen (secondary N) is 3. The Morgan fingerprint density at radius 1 is 1.08 bits per heavy atom. The van der Waals surface area contributed by atoms with E-state index in [0.29, 0.717) is 16.9 Å². The summed E-state index contributed by atoms with van der Waals surface area (Å²) in [7, 11) is 0. The van der Waals surface area contributed by atoms with Crippen LogP contribution in [0.2, 0.25) is 0 Å². The van der Waals surface area contributed by atoms with E-state index in [0.717, 1.165) is 28.7 Å². The number of carbonyl (C=O) groups is 1. The number of aromatic amines is 2. The molecule has 1 unspecified atom stereocenters. The minimum absolute atomic E-state index is 0.135. The Kier molecular flexibility index (Phi) is 3.54. The van der Waals surface area contributed by atoms with E-state index in [1.165, 1.54) is 0 Å². The van der Waals surface area contributed by atoms with Crippen molar-refractivity contribution in [3.05, 3.63) is 62.2 Å². The fraction of sp³-hybridized carbons (Fsp3) is 0.316. The number of rotatable bonds is 1. The first kappa shape index (κ1) is 16.0. The molecule has 25 heavy (non-hydrogen) atoms. The Morgan fingerprint density at radius 2 is 1.80 bits per heavy atom. The van der Waals surface area contributed by atoms with Crippen molar-refractivity contribution in [3.63, 3.8) is 0 Å². The molecule has 1 aromatic carbocycles. The molecule has 1 aliphatic carbocycles. The lowest BCUT2D eigenvalue weighted by Crippen LogP contribution is -2.34. The Hall–Kier alpha value is -2.47. The zero-order valence-corrected chi connectivity index (χ0v) is 14.9. The van der Waals surface area contributed by atoms with Crippen LogP contribution in [0.5, 0.6) is 0 Å². The van der Waals surface area contributed by atoms with Crippen LogP contribution in [0.1, 0.15) is 43.9 Å². The van der Waals surface area contributed by atoms with Gasteiger partial charge in [0.1, 0.15) is 10.5 Å². The molecule has 0 spiro atoms. The quantitative estimate of drug-likeness (QED) is 0.683. The highest BCUT2D eigenvalue weighted by atomic mass is 32.1. The first-order valence-corrected chi connectivity index (χ1v) is 8.71. The molecular formula is C19H19N3O2S. The number of H-pyrrole nitrogens is 2. The zero-order chi connectivity index (χ0) is 17.8. The molecule has 0 saturated heterocycles. The fourth-order valence-corrected chi connectivity index (χ4v) is 4.21. The number of ketones is 1. The predicted octanol–water partition coefficient (Wildman–Crippen LogP) is 3.74. The van der Waals surface area contributed by atoms with Gasteiger partial charge in [0.2, 0.25) is 0 Å². The molecular weight excluding hydrogens is 334 g/mol. The van der Waals surface area contributed by atoms with Crippen molar-refractivity contribution >= 4 is 29.4 Å². The van der Waals surface area contributed by atoms with Gasteiger partial charge in [0, 0.05) is 12.0 Å². The smallest absolute Gasteiger partial charge is 0.325 e. The van der Waals surface area contributed by atoms with E-state index < -0.39 is 0 Å². The van der Waals surface area contributed by atoms with Crippen LogP contribution in [-0.4, -0.2) is 15.8 Å². The van der Waals surface area contributed by atoms with E-state index in [-0.39, 0.29) is 22.9 Å². The number of carbonyl (C=O) groups excluding carboxylic acids is 1. The molecule has 2 heterocycles. The van der Waals surface area contributed by atoms with Crippen molar-refractivity contribution in [3.8, 4) is 0 Å².